The number of rotatable bonds is 8. The van der Waals surface area contributed by atoms with Crippen molar-refractivity contribution in [3.8, 4) is 0 Å². The molecule has 0 saturated carbocycles. The molecule has 11 heteroatoms. The summed E-state index contributed by atoms with van der Waals surface area (Å²) >= 11 is 1.10. The number of thioether (sulfide) groups is 1. The Kier molecular flexibility index (Phi) is 6.70. The van der Waals surface area contributed by atoms with Crippen molar-refractivity contribution in [2.75, 3.05) is 13.1 Å². The highest BCUT2D eigenvalue weighted by atomic mass is 32.2. The minimum atomic E-state index is -0.778. The van der Waals surface area contributed by atoms with E-state index in [9.17, 15) is 29.8 Å². The average molecular weight is 495 g/mol. The molecular weight excluding hydrogens is 472 g/mol. The van der Waals surface area contributed by atoms with Crippen molar-refractivity contribution in [2.45, 2.75) is 24.3 Å². The first kappa shape index (κ1) is 24.1. The van der Waals surface area contributed by atoms with E-state index in [1.165, 1.54) is 23.0 Å². The molecule has 2 atom stereocenters. The molecule has 0 aliphatic rings. The van der Waals surface area contributed by atoms with Crippen molar-refractivity contribution < 1.29 is 19.4 Å². The zero-order valence-corrected chi connectivity index (χ0v) is 19.8. The zero-order valence-electron chi connectivity index (χ0n) is 19.0. The quantitative estimate of drug-likeness (QED) is 0.249. The summed E-state index contributed by atoms with van der Waals surface area (Å²) in [7, 11) is 0. The van der Waals surface area contributed by atoms with E-state index in [0.29, 0.717) is 32.9 Å². The van der Waals surface area contributed by atoms with E-state index < -0.39 is 33.4 Å². The van der Waals surface area contributed by atoms with Crippen LogP contribution in [0.5, 0.6) is 0 Å². The summed E-state index contributed by atoms with van der Waals surface area (Å²) in [6.07, 6.45) is 3.16. The van der Waals surface area contributed by atoms with E-state index in [2.05, 4.69) is 0 Å². The van der Waals surface area contributed by atoms with E-state index >= 15 is 0 Å². The van der Waals surface area contributed by atoms with Crippen molar-refractivity contribution in [3.05, 3.63) is 92.3 Å². The number of aromatic nitrogens is 2. The number of hydrogen-bond acceptors (Lipinski definition) is 7. The van der Waals surface area contributed by atoms with Gasteiger partial charge in [0.05, 0.1) is 21.5 Å². The summed E-state index contributed by atoms with van der Waals surface area (Å²) in [6, 6.07) is 14.2. The highest BCUT2D eigenvalue weighted by molar-refractivity contribution is 7.99. The van der Waals surface area contributed by atoms with Gasteiger partial charge in [0, 0.05) is 46.9 Å². The second-order valence-corrected chi connectivity index (χ2v) is 9.54. The maximum atomic E-state index is 12.2. The Balaban J connectivity index is 1.86. The number of nitro groups is 2. The van der Waals surface area contributed by atoms with Gasteiger partial charge in [0.15, 0.2) is 0 Å². The molecule has 0 amide bonds. The number of carbonyl (C=O) groups excluding carboxylic acids is 2. The lowest BCUT2D eigenvalue weighted by molar-refractivity contribution is -0.481. The first-order valence-electron chi connectivity index (χ1n) is 10.8. The summed E-state index contributed by atoms with van der Waals surface area (Å²) in [5, 5.41) is 23.1. The van der Waals surface area contributed by atoms with Crippen LogP contribution in [0.2, 0.25) is 0 Å². The number of hydrogen-bond donors (Lipinski definition) is 0. The maximum Gasteiger partial charge on any atom is 0.227 e. The fourth-order valence-electron chi connectivity index (χ4n) is 4.34. The maximum absolute atomic E-state index is 12.2. The van der Waals surface area contributed by atoms with Gasteiger partial charge in [-0.2, -0.15) is 0 Å². The van der Waals surface area contributed by atoms with Crippen molar-refractivity contribution in [3.63, 3.8) is 0 Å². The molecule has 2 heterocycles. The molecule has 4 aromatic rings. The topological polar surface area (TPSA) is 130 Å². The van der Waals surface area contributed by atoms with E-state index in [4.69, 9.17) is 0 Å². The SMILES string of the molecule is CC(=O)n1cc([C@H](C[N+](=O)[O-])S[C@H](C[N+](=O)[O-])c2cn(C(C)=O)c3ccccc23)c2ccccc21. The van der Waals surface area contributed by atoms with Crippen LogP contribution >= 0.6 is 11.8 Å². The molecule has 0 saturated heterocycles. The summed E-state index contributed by atoms with van der Waals surface area (Å²) in [5.41, 5.74) is 2.34. The van der Waals surface area contributed by atoms with Crippen molar-refractivity contribution in [1.82, 2.24) is 9.13 Å². The van der Waals surface area contributed by atoms with Crippen molar-refractivity contribution in [2.24, 2.45) is 0 Å². The molecule has 180 valence electrons. The van der Waals surface area contributed by atoms with E-state index in [1.54, 1.807) is 60.9 Å². The van der Waals surface area contributed by atoms with Gasteiger partial charge in [-0.3, -0.25) is 39.0 Å². The smallest absolute Gasteiger partial charge is 0.227 e. The number of carbonyl (C=O) groups is 2. The average Bonchev–Trinajstić information content (AvgIpc) is 3.37. The fourth-order valence-corrected chi connectivity index (χ4v) is 5.83. The van der Waals surface area contributed by atoms with Crippen LogP contribution in [-0.2, 0) is 0 Å². The van der Waals surface area contributed by atoms with Gasteiger partial charge in [-0.05, 0) is 23.3 Å². The number of fused-ring (bicyclic) bond motifs is 2. The first-order chi connectivity index (χ1) is 16.7. The third-order valence-corrected chi connectivity index (χ3v) is 7.28. The van der Waals surface area contributed by atoms with Crippen LogP contribution in [-0.4, -0.2) is 43.9 Å². The van der Waals surface area contributed by atoms with E-state index in [-0.39, 0.29) is 11.8 Å². The van der Waals surface area contributed by atoms with Crippen LogP contribution in [0.15, 0.2) is 60.9 Å². The molecule has 4 rings (SSSR count). The normalized spacial score (nSPS) is 13.1. The van der Waals surface area contributed by atoms with Gasteiger partial charge in [-0.25, -0.2) is 0 Å². The molecule has 0 aliphatic carbocycles. The summed E-state index contributed by atoms with van der Waals surface area (Å²) in [5.74, 6) is -0.493. The van der Waals surface area contributed by atoms with E-state index in [1.807, 2.05) is 0 Å². The Morgan fingerprint density at radius 2 is 1.14 bits per heavy atom. The van der Waals surface area contributed by atoms with Gasteiger partial charge in [-0.15, -0.1) is 11.8 Å². The second-order valence-electron chi connectivity index (χ2n) is 8.13. The molecule has 0 bridgehead atoms. The van der Waals surface area contributed by atoms with Crippen LogP contribution in [0, 0.1) is 20.2 Å². The largest absolute Gasteiger partial charge is 0.287 e. The van der Waals surface area contributed by atoms with Crippen molar-refractivity contribution >= 4 is 45.4 Å². The fraction of sp³-hybridized carbons (Fsp3) is 0.250. The minimum absolute atomic E-state index is 0.247. The Morgan fingerprint density at radius 3 is 1.49 bits per heavy atom. The number of nitrogens with zero attached hydrogens (tertiary/aromatic N) is 4. The van der Waals surface area contributed by atoms with Crippen LogP contribution in [0.4, 0.5) is 0 Å². The van der Waals surface area contributed by atoms with Crippen LogP contribution in [0.25, 0.3) is 21.8 Å². The highest BCUT2D eigenvalue weighted by Gasteiger charge is 2.32. The Labute approximate surface area is 203 Å². The molecule has 0 spiro atoms. The lowest BCUT2D eigenvalue weighted by Gasteiger charge is -2.18. The first-order valence-corrected chi connectivity index (χ1v) is 11.7. The molecule has 2 aromatic carbocycles. The summed E-state index contributed by atoms with van der Waals surface area (Å²) in [4.78, 5) is 46.8. The Morgan fingerprint density at radius 1 is 0.771 bits per heavy atom. The van der Waals surface area contributed by atoms with Crippen LogP contribution in [0.3, 0.4) is 0 Å². The van der Waals surface area contributed by atoms with Crippen LogP contribution < -0.4 is 0 Å². The predicted octanol–water partition coefficient (Wildman–Crippen LogP) is 4.99. The molecule has 10 nitrogen and oxygen atoms in total. The van der Waals surface area contributed by atoms with Gasteiger partial charge < -0.3 is 0 Å². The lowest BCUT2D eigenvalue weighted by atomic mass is 10.1. The van der Waals surface area contributed by atoms with Crippen LogP contribution in [0.1, 0.15) is 45.1 Å². The molecular formula is C24H22N4O6S. The summed E-state index contributed by atoms with van der Waals surface area (Å²) in [6.45, 7) is 1.82. The Bertz CT molecular complexity index is 1360. The Hall–Kier alpha value is -3.99. The molecule has 0 aliphatic heterocycles. The van der Waals surface area contributed by atoms with Gasteiger partial charge in [0.2, 0.25) is 24.9 Å². The monoisotopic (exact) mass is 494 g/mol. The van der Waals surface area contributed by atoms with Gasteiger partial charge in [0.1, 0.15) is 0 Å². The third kappa shape index (κ3) is 4.80. The second kappa shape index (κ2) is 9.71. The number of para-hydroxylation sites is 2. The molecule has 0 unspecified atom stereocenters. The minimum Gasteiger partial charge on any atom is -0.287 e. The molecule has 0 fully saturated rings. The predicted molar refractivity (Wildman–Crippen MR) is 133 cm³/mol. The molecule has 0 N–H and O–H groups in total. The highest BCUT2D eigenvalue weighted by Crippen LogP contribution is 2.45. The van der Waals surface area contributed by atoms with Gasteiger partial charge >= 0.3 is 0 Å². The van der Waals surface area contributed by atoms with Gasteiger partial charge in [-0.1, -0.05) is 36.4 Å². The van der Waals surface area contributed by atoms with Crippen molar-refractivity contribution in [1.29, 1.82) is 0 Å². The third-order valence-electron chi connectivity index (χ3n) is 5.82. The zero-order chi connectivity index (χ0) is 25.3. The molecule has 2 aromatic heterocycles. The molecule has 35 heavy (non-hydrogen) atoms. The molecule has 0 radical (unpaired) electrons. The summed E-state index contributed by atoms with van der Waals surface area (Å²) < 4.78 is 2.87. The van der Waals surface area contributed by atoms with Gasteiger partial charge in [0.25, 0.3) is 0 Å². The number of benzene rings is 2. The standard InChI is InChI=1S/C24H22N4O6S/c1-15(29)25-11-19(17-7-3-5-9-21(17)25)23(13-27(31)32)35-24(14-28(33)34)20-12-26(16(2)30)22-10-6-4-8-18(20)22/h3-12,23-24H,13-14H2,1-2H3/t23-,24+. The lowest BCUT2D eigenvalue weighted by Crippen LogP contribution is -2.16. The van der Waals surface area contributed by atoms with E-state index in [0.717, 1.165) is 11.8 Å².